The van der Waals surface area contributed by atoms with Crippen LogP contribution in [0.4, 0.5) is 0 Å². The van der Waals surface area contributed by atoms with Gasteiger partial charge in [-0.3, -0.25) is 0 Å². The average molecular weight is 249 g/mol. The van der Waals surface area contributed by atoms with Crippen LogP contribution in [0.15, 0.2) is 24.3 Å². The van der Waals surface area contributed by atoms with Crippen LogP contribution in [0.2, 0.25) is 0 Å². The van der Waals surface area contributed by atoms with Crippen molar-refractivity contribution in [3.8, 4) is 0 Å². The summed E-state index contributed by atoms with van der Waals surface area (Å²) in [5.74, 6) is 0. The van der Waals surface area contributed by atoms with Gasteiger partial charge < -0.3 is 10.4 Å². The van der Waals surface area contributed by atoms with Crippen LogP contribution in [-0.2, 0) is 0 Å². The normalized spacial score (nSPS) is 15.4. The van der Waals surface area contributed by atoms with Crippen LogP contribution in [0.5, 0.6) is 0 Å². The Kier molecular flexibility index (Phi) is 5.36. The van der Waals surface area contributed by atoms with E-state index in [9.17, 15) is 5.11 Å². The van der Waals surface area contributed by atoms with Gasteiger partial charge in [-0.2, -0.15) is 0 Å². The molecule has 0 spiro atoms. The lowest BCUT2D eigenvalue weighted by Gasteiger charge is -2.28. The highest BCUT2D eigenvalue weighted by Gasteiger charge is 2.21. The molecule has 0 aliphatic heterocycles. The molecule has 0 saturated carbocycles. The molecule has 0 saturated heterocycles. The van der Waals surface area contributed by atoms with Gasteiger partial charge in [0.05, 0.1) is 6.10 Å². The zero-order valence-corrected chi connectivity index (χ0v) is 12.3. The van der Waals surface area contributed by atoms with E-state index >= 15 is 0 Å². The van der Waals surface area contributed by atoms with Gasteiger partial charge >= 0.3 is 0 Å². The number of aliphatic hydroxyl groups excluding tert-OH is 1. The van der Waals surface area contributed by atoms with Crippen molar-refractivity contribution in [3.63, 3.8) is 0 Å². The number of hydrogen-bond donors (Lipinski definition) is 2. The number of nitrogens with one attached hydrogen (secondary N) is 1. The summed E-state index contributed by atoms with van der Waals surface area (Å²) in [6.45, 7) is 11.4. The number of aryl methyl sites for hydroxylation is 1. The van der Waals surface area contributed by atoms with Crippen LogP contribution >= 0.6 is 0 Å². The van der Waals surface area contributed by atoms with E-state index in [0.717, 1.165) is 13.0 Å². The minimum Gasteiger partial charge on any atom is -0.393 e. The first-order valence-electron chi connectivity index (χ1n) is 6.78. The lowest BCUT2D eigenvalue weighted by atomic mass is 9.86. The quantitative estimate of drug-likeness (QED) is 0.809. The summed E-state index contributed by atoms with van der Waals surface area (Å²) in [5, 5.41) is 13.0. The summed E-state index contributed by atoms with van der Waals surface area (Å²) in [7, 11) is 0. The third-order valence-corrected chi connectivity index (χ3v) is 3.28. The van der Waals surface area contributed by atoms with E-state index in [1.165, 1.54) is 11.1 Å². The molecule has 2 heteroatoms. The Morgan fingerprint density at radius 1 is 1.28 bits per heavy atom. The molecule has 0 aromatic heterocycles. The van der Waals surface area contributed by atoms with Gasteiger partial charge in [0.25, 0.3) is 0 Å². The second-order valence-corrected chi connectivity index (χ2v) is 6.23. The Hall–Kier alpha value is -0.860. The van der Waals surface area contributed by atoms with Gasteiger partial charge in [0.15, 0.2) is 0 Å². The third-order valence-electron chi connectivity index (χ3n) is 3.28. The van der Waals surface area contributed by atoms with Crippen LogP contribution < -0.4 is 5.32 Å². The van der Waals surface area contributed by atoms with E-state index in [2.05, 4.69) is 57.3 Å². The molecule has 0 fully saturated rings. The topological polar surface area (TPSA) is 32.3 Å². The molecule has 102 valence electrons. The number of rotatable bonds is 6. The lowest BCUT2D eigenvalue weighted by molar-refractivity contribution is 0.127. The molecule has 0 aliphatic carbocycles. The van der Waals surface area contributed by atoms with Crippen molar-refractivity contribution in [2.24, 2.45) is 5.41 Å². The molecule has 2 atom stereocenters. The van der Waals surface area contributed by atoms with Crippen molar-refractivity contribution in [2.45, 2.75) is 53.2 Å². The number of hydrogen-bond acceptors (Lipinski definition) is 2. The number of aliphatic hydroxyl groups is 1. The first kappa shape index (κ1) is 15.2. The molecule has 2 unspecified atom stereocenters. The van der Waals surface area contributed by atoms with Gasteiger partial charge in [0.2, 0.25) is 0 Å². The van der Waals surface area contributed by atoms with Gasteiger partial charge in [-0.05, 0) is 38.2 Å². The molecule has 1 rings (SSSR count). The Labute approximate surface area is 111 Å². The smallest absolute Gasteiger partial charge is 0.0517 e. The maximum atomic E-state index is 9.48. The molecule has 1 aromatic rings. The molecule has 0 heterocycles. The first-order chi connectivity index (χ1) is 8.30. The lowest BCUT2D eigenvalue weighted by Crippen LogP contribution is -2.33. The highest BCUT2D eigenvalue weighted by atomic mass is 16.3. The largest absolute Gasteiger partial charge is 0.393 e. The zero-order valence-electron chi connectivity index (χ0n) is 12.3. The molecule has 1 aromatic carbocycles. The molecule has 0 aliphatic rings. The van der Waals surface area contributed by atoms with Gasteiger partial charge in [-0.25, -0.2) is 0 Å². The second kappa shape index (κ2) is 6.35. The summed E-state index contributed by atoms with van der Waals surface area (Å²) >= 11 is 0. The standard InChI is InChI=1S/C16H27NO/c1-12-7-6-8-15(9-12)14(3)17-11-16(4,5)10-13(2)18/h6-9,13-14,17-18H,10-11H2,1-5H3. The third kappa shape index (κ3) is 5.19. The second-order valence-electron chi connectivity index (χ2n) is 6.23. The summed E-state index contributed by atoms with van der Waals surface area (Å²) < 4.78 is 0. The van der Waals surface area contributed by atoms with E-state index < -0.39 is 0 Å². The highest BCUT2D eigenvalue weighted by molar-refractivity contribution is 5.24. The van der Waals surface area contributed by atoms with E-state index in [-0.39, 0.29) is 11.5 Å². The van der Waals surface area contributed by atoms with Gasteiger partial charge in [-0.1, -0.05) is 43.7 Å². The fourth-order valence-corrected chi connectivity index (χ4v) is 2.36. The number of benzene rings is 1. The van der Waals surface area contributed by atoms with Crippen LogP contribution in [0.25, 0.3) is 0 Å². The zero-order chi connectivity index (χ0) is 13.8. The van der Waals surface area contributed by atoms with E-state index in [4.69, 9.17) is 0 Å². The molecule has 0 bridgehead atoms. The predicted molar refractivity (Wildman–Crippen MR) is 77.7 cm³/mol. The molecule has 2 N–H and O–H groups in total. The maximum absolute atomic E-state index is 9.48. The summed E-state index contributed by atoms with van der Waals surface area (Å²) in [4.78, 5) is 0. The Balaban J connectivity index is 2.53. The molecule has 0 amide bonds. The van der Waals surface area contributed by atoms with Crippen molar-refractivity contribution in [1.82, 2.24) is 5.32 Å². The van der Waals surface area contributed by atoms with Crippen LogP contribution in [0.1, 0.15) is 51.3 Å². The molecular weight excluding hydrogens is 222 g/mol. The minimum atomic E-state index is -0.240. The molecule has 0 radical (unpaired) electrons. The Morgan fingerprint density at radius 3 is 2.50 bits per heavy atom. The monoisotopic (exact) mass is 249 g/mol. The van der Waals surface area contributed by atoms with Crippen molar-refractivity contribution >= 4 is 0 Å². The van der Waals surface area contributed by atoms with Crippen LogP contribution in [0, 0.1) is 12.3 Å². The molecule has 18 heavy (non-hydrogen) atoms. The van der Waals surface area contributed by atoms with Crippen molar-refractivity contribution in [3.05, 3.63) is 35.4 Å². The van der Waals surface area contributed by atoms with E-state index in [1.54, 1.807) is 0 Å². The summed E-state index contributed by atoms with van der Waals surface area (Å²) in [6.07, 6.45) is 0.580. The molecular formula is C16H27NO. The van der Waals surface area contributed by atoms with Crippen LogP contribution in [-0.4, -0.2) is 17.8 Å². The maximum Gasteiger partial charge on any atom is 0.0517 e. The fourth-order valence-electron chi connectivity index (χ4n) is 2.36. The van der Waals surface area contributed by atoms with Gasteiger partial charge in [0.1, 0.15) is 0 Å². The minimum absolute atomic E-state index is 0.117. The summed E-state index contributed by atoms with van der Waals surface area (Å²) in [5.41, 5.74) is 2.74. The average Bonchev–Trinajstić information content (AvgIpc) is 2.24. The van der Waals surface area contributed by atoms with Gasteiger partial charge in [-0.15, -0.1) is 0 Å². The summed E-state index contributed by atoms with van der Waals surface area (Å²) in [6, 6.07) is 8.95. The van der Waals surface area contributed by atoms with Crippen LogP contribution in [0.3, 0.4) is 0 Å². The highest BCUT2D eigenvalue weighted by Crippen LogP contribution is 2.23. The van der Waals surface area contributed by atoms with Crippen molar-refractivity contribution in [2.75, 3.05) is 6.54 Å². The van der Waals surface area contributed by atoms with Crippen molar-refractivity contribution < 1.29 is 5.11 Å². The predicted octanol–water partition coefficient (Wildman–Crippen LogP) is 3.44. The first-order valence-corrected chi connectivity index (χ1v) is 6.78. The van der Waals surface area contributed by atoms with E-state index in [0.29, 0.717) is 6.04 Å². The Morgan fingerprint density at radius 2 is 1.94 bits per heavy atom. The van der Waals surface area contributed by atoms with Gasteiger partial charge in [0, 0.05) is 12.6 Å². The Bertz CT molecular complexity index is 371. The van der Waals surface area contributed by atoms with Crippen molar-refractivity contribution in [1.29, 1.82) is 0 Å². The SMILES string of the molecule is Cc1cccc(C(C)NCC(C)(C)CC(C)O)c1. The molecule has 2 nitrogen and oxygen atoms in total. The van der Waals surface area contributed by atoms with E-state index in [1.807, 2.05) is 6.92 Å². The fraction of sp³-hybridized carbons (Fsp3) is 0.625.